The summed E-state index contributed by atoms with van der Waals surface area (Å²) >= 11 is 5.93. The normalized spacial score (nSPS) is 10.4. The molecule has 0 radical (unpaired) electrons. The maximum Gasteiger partial charge on any atom is 0.347 e. The van der Waals surface area contributed by atoms with Crippen molar-refractivity contribution in [1.82, 2.24) is 9.97 Å². The highest BCUT2D eigenvalue weighted by molar-refractivity contribution is 6.35. The lowest BCUT2D eigenvalue weighted by molar-refractivity contribution is -0.114. The molecular formula is C10H8ClN3O2. The third kappa shape index (κ3) is 1.90. The summed E-state index contributed by atoms with van der Waals surface area (Å²) in [5.41, 5.74) is -0.0859. The predicted molar refractivity (Wildman–Crippen MR) is 61.7 cm³/mol. The Hall–Kier alpha value is -1.88. The number of H-pyrrole nitrogens is 1. The average molecular weight is 238 g/mol. The number of nitrogens with zero attached hydrogens (tertiary/aromatic N) is 1. The van der Waals surface area contributed by atoms with Gasteiger partial charge in [-0.1, -0.05) is 17.7 Å². The minimum atomic E-state index is -0.552. The van der Waals surface area contributed by atoms with Crippen molar-refractivity contribution in [1.29, 1.82) is 0 Å². The predicted octanol–water partition coefficient (Wildman–Crippen LogP) is 1.53. The number of hydrogen-bond acceptors (Lipinski definition) is 3. The monoisotopic (exact) mass is 237 g/mol. The molecule has 0 aliphatic heterocycles. The molecule has 0 aliphatic carbocycles. The number of aromatic nitrogens is 2. The lowest BCUT2D eigenvalue weighted by Gasteiger charge is -2.05. The van der Waals surface area contributed by atoms with Crippen molar-refractivity contribution in [2.45, 2.75) is 6.92 Å². The Balaban J connectivity index is 2.78. The van der Waals surface area contributed by atoms with Crippen molar-refractivity contribution >= 4 is 34.2 Å². The molecule has 1 heterocycles. The first kappa shape index (κ1) is 10.6. The fraction of sp³-hybridized carbons (Fsp3) is 0.100. The van der Waals surface area contributed by atoms with E-state index in [1.807, 2.05) is 0 Å². The van der Waals surface area contributed by atoms with Gasteiger partial charge >= 0.3 is 5.69 Å². The number of rotatable bonds is 1. The third-order valence-electron chi connectivity index (χ3n) is 2.01. The minimum Gasteiger partial charge on any atom is -0.310 e. The Kier molecular flexibility index (Phi) is 2.62. The van der Waals surface area contributed by atoms with Crippen molar-refractivity contribution in [2.24, 2.45) is 0 Å². The molecule has 0 unspecified atom stereocenters. The number of para-hydroxylation sites is 1. The smallest absolute Gasteiger partial charge is 0.310 e. The summed E-state index contributed by atoms with van der Waals surface area (Å²) in [5, 5.41) is 3.49. The lowest BCUT2D eigenvalue weighted by atomic mass is 10.2. The second kappa shape index (κ2) is 3.94. The van der Waals surface area contributed by atoms with Crippen molar-refractivity contribution in [3.05, 3.63) is 33.7 Å². The minimum absolute atomic E-state index is 0.216. The van der Waals surface area contributed by atoms with Crippen LogP contribution in [0, 0.1) is 0 Å². The SMILES string of the molecule is CC(=O)Nc1nc(=O)[nH]c2c(Cl)cccc12. The highest BCUT2D eigenvalue weighted by Gasteiger charge is 2.08. The topological polar surface area (TPSA) is 74.8 Å². The van der Waals surface area contributed by atoms with E-state index < -0.39 is 5.69 Å². The van der Waals surface area contributed by atoms with Gasteiger partial charge in [0.15, 0.2) is 0 Å². The zero-order valence-electron chi connectivity index (χ0n) is 8.37. The Morgan fingerprint density at radius 2 is 2.25 bits per heavy atom. The van der Waals surface area contributed by atoms with E-state index in [9.17, 15) is 9.59 Å². The van der Waals surface area contributed by atoms with Crippen molar-refractivity contribution in [3.8, 4) is 0 Å². The van der Waals surface area contributed by atoms with E-state index in [4.69, 9.17) is 11.6 Å². The number of fused-ring (bicyclic) bond motifs is 1. The van der Waals surface area contributed by atoms with Crippen LogP contribution in [0.5, 0.6) is 0 Å². The van der Waals surface area contributed by atoms with Gasteiger partial charge < -0.3 is 10.3 Å². The van der Waals surface area contributed by atoms with Crippen LogP contribution >= 0.6 is 11.6 Å². The van der Waals surface area contributed by atoms with E-state index in [2.05, 4.69) is 15.3 Å². The molecule has 2 N–H and O–H groups in total. The van der Waals surface area contributed by atoms with Crippen LogP contribution in [0.4, 0.5) is 5.82 Å². The molecule has 0 atom stereocenters. The van der Waals surface area contributed by atoms with E-state index in [1.165, 1.54) is 6.92 Å². The molecule has 16 heavy (non-hydrogen) atoms. The number of amides is 1. The van der Waals surface area contributed by atoms with Crippen LogP contribution in [-0.2, 0) is 4.79 Å². The van der Waals surface area contributed by atoms with Crippen LogP contribution in [0.15, 0.2) is 23.0 Å². The summed E-state index contributed by atoms with van der Waals surface area (Å²) in [6, 6.07) is 5.09. The number of carbonyl (C=O) groups is 1. The quantitative estimate of drug-likeness (QED) is 0.790. The molecule has 2 rings (SSSR count). The van der Waals surface area contributed by atoms with Crippen molar-refractivity contribution in [2.75, 3.05) is 5.32 Å². The number of benzene rings is 1. The number of hydrogen-bond donors (Lipinski definition) is 2. The van der Waals surface area contributed by atoms with Gasteiger partial charge in [-0.3, -0.25) is 4.79 Å². The summed E-state index contributed by atoms with van der Waals surface area (Å²) in [6.07, 6.45) is 0. The molecule has 0 aliphatic rings. The van der Waals surface area contributed by atoms with Gasteiger partial charge in [0.2, 0.25) is 5.91 Å². The second-order valence-corrected chi connectivity index (χ2v) is 3.64. The largest absolute Gasteiger partial charge is 0.347 e. The van der Waals surface area contributed by atoms with Gasteiger partial charge in [0.1, 0.15) is 5.82 Å². The molecule has 0 saturated heterocycles. The van der Waals surface area contributed by atoms with Gasteiger partial charge in [-0.25, -0.2) is 4.79 Å². The fourth-order valence-corrected chi connectivity index (χ4v) is 1.63. The van der Waals surface area contributed by atoms with Crippen LogP contribution in [0.25, 0.3) is 10.9 Å². The summed E-state index contributed by atoms with van der Waals surface area (Å²) in [7, 11) is 0. The first-order valence-electron chi connectivity index (χ1n) is 4.54. The maximum absolute atomic E-state index is 11.3. The first-order valence-corrected chi connectivity index (χ1v) is 4.92. The maximum atomic E-state index is 11.3. The first-order chi connectivity index (χ1) is 7.58. The summed E-state index contributed by atoms with van der Waals surface area (Å²) < 4.78 is 0. The highest BCUT2D eigenvalue weighted by atomic mass is 35.5. The third-order valence-corrected chi connectivity index (χ3v) is 2.32. The van der Waals surface area contributed by atoms with Gasteiger partial charge in [0, 0.05) is 12.3 Å². The molecule has 82 valence electrons. The number of nitrogens with one attached hydrogen (secondary N) is 2. The highest BCUT2D eigenvalue weighted by Crippen LogP contribution is 2.24. The molecule has 2 aromatic rings. The van der Waals surface area contributed by atoms with Crippen LogP contribution in [0.2, 0.25) is 5.02 Å². The zero-order valence-corrected chi connectivity index (χ0v) is 9.13. The fourth-order valence-electron chi connectivity index (χ4n) is 1.41. The second-order valence-electron chi connectivity index (χ2n) is 3.23. The molecule has 0 spiro atoms. The van der Waals surface area contributed by atoms with Crippen molar-refractivity contribution in [3.63, 3.8) is 0 Å². The van der Waals surface area contributed by atoms with Gasteiger partial charge in [0.25, 0.3) is 0 Å². The van der Waals surface area contributed by atoms with E-state index in [-0.39, 0.29) is 11.7 Å². The Morgan fingerprint density at radius 3 is 2.94 bits per heavy atom. The van der Waals surface area contributed by atoms with Gasteiger partial charge in [0.05, 0.1) is 10.5 Å². The van der Waals surface area contributed by atoms with Gasteiger partial charge in [-0.15, -0.1) is 0 Å². The van der Waals surface area contributed by atoms with Gasteiger partial charge in [-0.05, 0) is 12.1 Å². The number of carbonyl (C=O) groups excluding carboxylic acids is 1. The summed E-state index contributed by atoms with van der Waals surface area (Å²) in [4.78, 5) is 28.4. The van der Waals surface area contributed by atoms with E-state index in [0.717, 1.165) is 0 Å². The Morgan fingerprint density at radius 1 is 1.50 bits per heavy atom. The van der Waals surface area contributed by atoms with E-state index in [1.54, 1.807) is 18.2 Å². The zero-order chi connectivity index (χ0) is 11.7. The molecular weight excluding hydrogens is 230 g/mol. The number of aromatic amines is 1. The Bertz CT molecular complexity index is 621. The molecule has 1 amide bonds. The summed E-state index contributed by atoms with van der Waals surface area (Å²) in [5.74, 6) is -0.0758. The van der Waals surface area contributed by atoms with Crippen LogP contribution < -0.4 is 11.0 Å². The average Bonchev–Trinajstić information content (AvgIpc) is 2.18. The van der Waals surface area contributed by atoms with E-state index >= 15 is 0 Å². The van der Waals surface area contributed by atoms with Crippen LogP contribution in [0.1, 0.15) is 6.92 Å². The van der Waals surface area contributed by atoms with Crippen LogP contribution in [0.3, 0.4) is 0 Å². The molecule has 0 bridgehead atoms. The molecule has 0 saturated carbocycles. The molecule has 1 aromatic heterocycles. The molecule has 5 nitrogen and oxygen atoms in total. The van der Waals surface area contributed by atoms with E-state index in [0.29, 0.717) is 15.9 Å². The number of halogens is 1. The molecule has 6 heteroatoms. The Labute approximate surface area is 95.5 Å². The standard InChI is InChI=1S/C10H8ClN3O2/c1-5(15)12-9-6-3-2-4-7(11)8(6)13-10(16)14-9/h2-4H,1H3,(H2,12,13,14,15,16). The lowest BCUT2D eigenvalue weighted by Crippen LogP contribution is -2.16. The van der Waals surface area contributed by atoms with Crippen LogP contribution in [-0.4, -0.2) is 15.9 Å². The number of anilines is 1. The molecule has 1 aromatic carbocycles. The van der Waals surface area contributed by atoms with Crippen molar-refractivity contribution < 1.29 is 4.79 Å². The summed E-state index contributed by atoms with van der Waals surface area (Å²) in [6.45, 7) is 1.35. The molecule has 0 fully saturated rings. The van der Waals surface area contributed by atoms with Gasteiger partial charge in [-0.2, -0.15) is 4.98 Å².